The first-order valence-electron chi connectivity index (χ1n) is 13.2. The van der Waals surface area contributed by atoms with Gasteiger partial charge in [-0.25, -0.2) is 0 Å². The smallest absolute Gasteiger partial charge is 0.304 e. The number of fused-ring (bicyclic) bond motifs is 5. The molecular weight excluding hydrogens is 432 g/mol. The first kappa shape index (κ1) is 24.9. The number of aliphatic carboxylic acids is 1. The summed E-state index contributed by atoms with van der Waals surface area (Å²) in [6.45, 7) is 2.35. The van der Waals surface area contributed by atoms with Gasteiger partial charge in [-0.1, -0.05) is 38.7 Å². The first-order chi connectivity index (χ1) is 15.9. The fourth-order valence-electron chi connectivity index (χ4n) is 7.43. The Morgan fingerprint density at radius 3 is 2.70 bits per heavy atom. The zero-order chi connectivity index (χ0) is 23.4. The molecule has 0 spiro atoms. The molecule has 0 amide bonds. The number of phenolic OH excluding ortho intramolecular Hbond substituents is 1. The van der Waals surface area contributed by atoms with E-state index in [4.69, 9.17) is 5.11 Å². The van der Waals surface area contributed by atoms with Crippen molar-refractivity contribution >= 4 is 17.7 Å². The molecule has 184 valence electrons. The minimum absolute atomic E-state index is 0.0894. The minimum atomic E-state index is -0.698. The van der Waals surface area contributed by atoms with Gasteiger partial charge in [0.15, 0.2) is 0 Å². The van der Waals surface area contributed by atoms with Crippen molar-refractivity contribution in [2.24, 2.45) is 23.2 Å². The highest BCUT2D eigenvalue weighted by Gasteiger charge is 2.56. The third-order valence-corrected chi connectivity index (χ3v) is 10.2. The van der Waals surface area contributed by atoms with Crippen LogP contribution >= 0.6 is 11.8 Å². The Kier molecular flexibility index (Phi) is 8.32. The van der Waals surface area contributed by atoms with Crippen molar-refractivity contribution in [2.75, 3.05) is 11.5 Å². The van der Waals surface area contributed by atoms with Crippen molar-refractivity contribution in [2.45, 2.75) is 96.0 Å². The quantitative estimate of drug-likeness (QED) is 0.324. The number of aromatic hydroxyl groups is 1. The summed E-state index contributed by atoms with van der Waals surface area (Å²) in [5.41, 5.74) is 2.92. The molecule has 0 aliphatic heterocycles. The number of phenols is 1. The molecule has 0 radical (unpaired) electrons. The monoisotopic (exact) mass is 474 g/mol. The molecule has 0 saturated heterocycles. The van der Waals surface area contributed by atoms with Gasteiger partial charge in [0, 0.05) is 5.75 Å². The summed E-state index contributed by atoms with van der Waals surface area (Å²) in [6.07, 6.45) is 13.1. The van der Waals surface area contributed by atoms with E-state index >= 15 is 0 Å². The number of hydrogen-bond acceptors (Lipinski definition) is 4. The highest BCUT2D eigenvalue weighted by atomic mass is 32.2. The molecule has 0 unspecified atom stereocenters. The van der Waals surface area contributed by atoms with Crippen LogP contribution in [0.5, 0.6) is 5.75 Å². The zero-order valence-electron chi connectivity index (χ0n) is 20.2. The van der Waals surface area contributed by atoms with Gasteiger partial charge in [0.05, 0.1) is 12.5 Å². The topological polar surface area (TPSA) is 77.8 Å². The molecule has 3 aliphatic carbocycles. The van der Waals surface area contributed by atoms with E-state index in [2.05, 4.69) is 13.0 Å². The van der Waals surface area contributed by atoms with E-state index in [1.165, 1.54) is 62.5 Å². The summed E-state index contributed by atoms with van der Waals surface area (Å²) in [6, 6.07) is 6.06. The molecule has 1 aromatic rings. The second-order valence-electron chi connectivity index (χ2n) is 11.1. The lowest BCUT2D eigenvalue weighted by Crippen LogP contribution is -2.47. The predicted octanol–water partition coefficient (Wildman–Crippen LogP) is 6.38. The Morgan fingerprint density at radius 1 is 1.09 bits per heavy atom. The van der Waals surface area contributed by atoms with E-state index in [0.29, 0.717) is 29.4 Å². The van der Waals surface area contributed by atoms with Gasteiger partial charge in [-0.15, -0.1) is 0 Å². The van der Waals surface area contributed by atoms with Crippen LogP contribution in [0.3, 0.4) is 0 Å². The van der Waals surface area contributed by atoms with E-state index < -0.39 is 5.97 Å². The summed E-state index contributed by atoms with van der Waals surface area (Å²) >= 11 is 1.76. The largest absolute Gasteiger partial charge is 0.508 e. The van der Waals surface area contributed by atoms with Crippen molar-refractivity contribution in [1.29, 1.82) is 0 Å². The lowest BCUT2D eigenvalue weighted by molar-refractivity contribution is -0.136. The molecular formula is C28H42O4S. The van der Waals surface area contributed by atoms with Crippen LogP contribution in [-0.2, 0) is 11.2 Å². The fourth-order valence-corrected chi connectivity index (χ4v) is 8.36. The van der Waals surface area contributed by atoms with E-state index in [-0.39, 0.29) is 17.9 Å². The van der Waals surface area contributed by atoms with Crippen molar-refractivity contribution in [3.63, 3.8) is 0 Å². The average Bonchev–Trinajstić information content (AvgIpc) is 3.08. The van der Waals surface area contributed by atoms with Gasteiger partial charge in [-0.3, -0.25) is 4.79 Å². The Labute approximate surface area is 203 Å². The average molecular weight is 475 g/mol. The number of carboxylic acid groups (broad SMARTS) is 1. The van der Waals surface area contributed by atoms with Crippen LogP contribution in [0, 0.1) is 23.2 Å². The van der Waals surface area contributed by atoms with Crippen LogP contribution in [-0.4, -0.2) is 38.9 Å². The van der Waals surface area contributed by atoms with Crippen molar-refractivity contribution in [1.82, 2.24) is 0 Å². The summed E-state index contributed by atoms with van der Waals surface area (Å²) in [4.78, 5) is 10.6. The molecule has 0 aromatic heterocycles. The summed E-state index contributed by atoms with van der Waals surface area (Å²) in [5.74, 6) is 4.04. The number of aliphatic hydroxyl groups is 1. The van der Waals surface area contributed by atoms with Crippen LogP contribution in [0.2, 0.25) is 0 Å². The minimum Gasteiger partial charge on any atom is -0.508 e. The Hall–Kier alpha value is -1.20. The normalized spacial score (nSPS) is 32.7. The predicted molar refractivity (Wildman–Crippen MR) is 135 cm³/mol. The van der Waals surface area contributed by atoms with Crippen LogP contribution in [0.4, 0.5) is 0 Å². The van der Waals surface area contributed by atoms with Crippen molar-refractivity contribution in [3.8, 4) is 5.75 Å². The van der Waals surface area contributed by atoms with E-state index in [1.807, 2.05) is 12.1 Å². The second-order valence-corrected chi connectivity index (χ2v) is 12.3. The van der Waals surface area contributed by atoms with E-state index in [0.717, 1.165) is 30.8 Å². The molecule has 3 N–H and O–H groups in total. The molecule has 5 heteroatoms. The standard InChI is InChI=1S/C28H42O4S/c1-28-14-12-23-22-9-8-21(29)18-20(22)17-19(27(23)24(28)10-11-25(28)30)7-5-3-2-4-6-15-33-16-13-26(31)32/h8-9,18-19,23-25,27,29-30H,2-7,10-17H2,1H3,(H,31,32)/t19-,23-,24+,25+,27-,28+/m1/s1. The van der Waals surface area contributed by atoms with Gasteiger partial charge in [0.1, 0.15) is 5.75 Å². The van der Waals surface area contributed by atoms with Crippen molar-refractivity contribution < 1.29 is 20.1 Å². The molecule has 33 heavy (non-hydrogen) atoms. The van der Waals surface area contributed by atoms with Gasteiger partial charge in [-0.05, 0) is 103 Å². The van der Waals surface area contributed by atoms with E-state index in [9.17, 15) is 15.0 Å². The summed E-state index contributed by atoms with van der Waals surface area (Å²) in [5, 5.41) is 29.6. The maximum Gasteiger partial charge on any atom is 0.304 e. The van der Waals surface area contributed by atoms with Crippen LogP contribution < -0.4 is 0 Å². The first-order valence-corrected chi connectivity index (χ1v) is 14.3. The second kappa shape index (κ2) is 11.0. The SMILES string of the molecule is C[C@]12CC[C@@H]3c4ccc(O)cc4C[C@@H](CCCCCCCSCCC(=O)O)[C@H]3[C@@H]1CC[C@@H]2O. The number of aliphatic hydroxyl groups excluding tert-OH is 1. The number of benzene rings is 1. The number of carbonyl (C=O) groups is 1. The summed E-state index contributed by atoms with van der Waals surface area (Å²) < 4.78 is 0. The number of rotatable bonds is 11. The molecule has 3 aliphatic rings. The molecule has 4 nitrogen and oxygen atoms in total. The molecule has 6 atom stereocenters. The fraction of sp³-hybridized carbons (Fsp3) is 0.750. The highest BCUT2D eigenvalue weighted by Crippen LogP contribution is 2.62. The third-order valence-electron chi connectivity index (χ3n) is 9.16. The molecule has 2 saturated carbocycles. The molecule has 0 heterocycles. The maximum atomic E-state index is 10.8. The zero-order valence-corrected chi connectivity index (χ0v) is 21.0. The van der Waals surface area contributed by atoms with Gasteiger partial charge < -0.3 is 15.3 Å². The third kappa shape index (κ3) is 5.56. The summed E-state index contributed by atoms with van der Waals surface area (Å²) in [7, 11) is 0. The molecule has 0 bridgehead atoms. The van der Waals surface area contributed by atoms with Crippen LogP contribution in [0.1, 0.15) is 94.6 Å². The molecule has 1 aromatic carbocycles. The molecule has 4 rings (SSSR count). The number of thioether (sulfide) groups is 1. The van der Waals surface area contributed by atoms with Gasteiger partial charge in [0.2, 0.25) is 0 Å². The van der Waals surface area contributed by atoms with Gasteiger partial charge in [-0.2, -0.15) is 11.8 Å². The number of hydrogen-bond donors (Lipinski definition) is 3. The number of unbranched alkanes of at least 4 members (excludes halogenated alkanes) is 4. The Morgan fingerprint density at radius 2 is 1.88 bits per heavy atom. The number of carboxylic acids is 1. The lowest BCUT2D eigenvalue weighted by Gasteiger charge is -2.53. The lowest BCUT2D eigenvalue weighted by atomic mass is 9.52. The molecule has 2 fully saturated rings. The van der Waals surface area contributed by atoms with Crippen molar-refractivity contribution in [3.05, 3.63) is 29.3 Å². The van der Waals surface area contributed by atoms with Gasteiger partial charge >= 0.3 is 5.97 Å². The van der Waals surface area contributed by atoms with E-state index in [1.54, 1.807) is 11.8 Å². The highest BCUT2D eigenvalue weighted by molar-refractivity contribution is 7.99. The Bertz CT molecular complexity index is 811. The van der Waals surface area contributed by atoms with Crippen LogP contribution in [0.25, 0.3) is 0 Å². The van der Waals surface area contributed by atoms with Gasteiger partial charge in [0.25, 0.3) is 0 Å². The maximum absolute atomic E-state index is 10.8. The van der Waals surface area contributed by atoms with Crippen LogP contribution in [0.15, 0.2) is 18.2 Å². The Balaban J connectivity index is 1.31.